The molecule has 0 heterocycles. The molecule has 1 aromatic rings. The number of hydrogen-bond acceptors (Lipinski definition) is 4. The quantitative estimate of drug-likeness (QED) is 0.367. The Bertz CT molecular complexity index is 611. The highest BCUT2D eigenvalue weighted by atomic mass is 29.3. The molecule has 0 saturated heterocycles. The second-order valence-corrected chi connectivity index (χ2v) is 35.7. The van der Waals surface area contributed by atoms with E-state index >= 15 is 0 Å². The van der Waals surface area contributed by atoms with Crippen molar-refractivity contribution in [1.82, 2.24) is 0 Å². The maximum absolute atomic E-state index is 6.88. The molecule has 0 fully saturated rings. The summed E-state index contributed by atoms with van der Waals surface area (Å²) in [5, 5.41) is 0. The van der Waals surface area contributed by atoms with Crippen LogP contribution in [0.15, 0.2) is 30.3 Å². The average molecular weight is 475 g/mol. The van der Waals surface area contributed by atoms with Gasteiger partial charge in [-0.1, -0.05) is 30.3 Å². The monoisotopic (exact) mass is 474 g/mol. The first kappa shape index (κ1) is 26.2. The smallest absolute Gasteiger partial charge is 0.327 e. The van der Waals surface area contributed by atoms with Gasteiger partial charge in [-0.25, -0.2) is 0 Å². The van der Waals surface area contributed by atoms with Crippen molar-refractivity contribution in [2.75, 3.05) is 6.61 Å². The van der Waals surface area contributed by atoms with Gasteiger partial charge in [0.15, 0.2) is 16.6 Å². The summed E-state index contributed by atoms with van der Waals surface area (Å²) in [5.74, 6) is 0. The predicted molar refractivity (Wildman–Crippen MR) is 133 cm³/mol. The molecule has 28 heavy (non-hydrogen) atoms. The molecule has 162 valence electrons. The summed E-state index contributed by atoms with van der Waals surface area (Å²) in [5.41, 5.74) is 1.31. The molecule has 0 N–H and O–H groups in total. The van der Waals surface area contributed by atoms with E-state index in [0.717, 1.165) is 6.42 Å². The molecule has 1 atom stereocenters. The molecular weight excluding hydrogens is 433 g/mol. The van der Waals surface area contributed by atoms with Gasteiger partial charge >= 0.3 is 16.6 Å². The van der Waals surface area contributed by atoms with E-state index in [2.05, 4.69) is 96.3 Å². The van der Waals surface area contributed by atoms with Crippen molar-refractivity contribution in [3.05, 3.63) is 35.9 Å². The van der Waals surface area contributed by atoms with Crippen molar-refractivity contribution in [2.45, 2.75) is 78.4 Å². The highest BCUT2D eigenvalue weighted by Gasteiger charge is 2.56. The van der Waals surface area contributed by atoms with Gasteiger partial charge in [0, 0.05) is 6.61 Å². The van der Waals surface area contributed by atoms with E-state index < -0.39 is 41.1 Å². The van der Waals surface area contributed by atoms with Gasteiger partial charge in [0.05, 0.1) is 0 Å². The zero-order chi connectivity index (χ0) is 21.9. The molecule has 0 aliphatic rings. The second-order valence-electron chi connectivity index (χ2n) is 10.5. The lowest BCUT2D eigenvalue weighted by Crippen LogP contribution is -2.70. The van der Waals surface area contributed by atoms with Gasteiger partial charge in [0.25, 0.3) is 0 Å². The Morgan fingerprint density at radius 3 is 1.61 bits per heavy atom. The Labute approximate surface area is 178 Å². The standard InChI is InChI=1S/C19H42O4Si5/c1-24(2,3)21-26(7,8)23-28(11,22-25(4,5)6)27(9,10)20-18-17-19-15-13-12-14-16-19/h12-16H,17-18H2,1-11H3. The third kappa shape index (κ3) is 9.31. The summed E-state index contributed by atoms with van der Waals surface area (Å²) in [6, 6.07) is 10.5. The lowest BCUT2D eigenvalue weighted by atomic mass is 10.2. The molecule has 0 aliphatic heterocycles. The van der Waals surface area contributed by atoms with Crippen LogP contribution in [0.4, 0.5) is 0 Å². The zero-order valence-corrected chi connectivity index (χ0v) is 24.9. The highest BCUT2D eigenvalue weighted by Crippen LogP contribution is 2.31. The molecule has 1 rings (SSSR count). The minimum absolute atomic E-state index is 0.709. The van der Waals surface area contributed by atoms with Crippen LogP contribution in [0, 0.1) is 0 Å². The fourth-order valence-corrected chi connectivity index (χ4v) is 32.0. The maximum atomic E-state index is 6.88. The number of rotatable bonds is 11. The highest BCUT2D eigenvalue weighted by molar-refractivity contribution is 7.35. The first-order chi connectivity index (χ1) is 12.4. The second kappa shape index (κ2) is 9.52. The van der Waals surface area contributed by atoms with Gasteiger partial charge in [0.1, 0.15) is 0 Å². The van der Waals surface area contributed by atoms with E-state index in [-0.39, 0.29) is 0 Å². The number of hydrogen-bond donors (Lipinski definition) is 0. The van der Waals surface area contributed by atoms with Crippen molar-refractivity contribution < 1.29 is 16.8 Å². The summed E-state index contributed by atoms with van der Waals surface area (Å²) in [6.07, 6.45) is 0.918. The van der Waals surface area contributed by atoms with E-state index in [0.29, 0.717) is 6.61 Å². The number of benzene rings is 1. The van der Waals surface area contributed by atoms with Gasteiger partial charge in [-0.15, -0.1) is 0 Å². The SMILES string of the molecule is C[Si](C)(C)O[Si](C)(C)O[Si](C)(O[Si](C)(C)C)[Si](C)(C)OCCc1ccccc1. The predicted octanol–water partition coefficient (Wildman–Crippen LogP) is 6.02. The maximum Gasteiger partial charge on any atom is 0.327 e. The summed E-state index contributed by atoms with van der Waals surface area (Å²) >= 11 is 0. The Kier molecular flexibility index (Phi) is 8.90. The topological polar surface area (TPSA) is 36.9 Å². The lowest BCUT2D eigenvalue weighted by Gasteiger charge is -2.47. The van der Waals surface area contributed by atoms with Gasteiger partial charge in [-0.05, 0) is 84.0 Å². The van der Waals surface area contributed by atoms with Crippen LogP contribution in [0.25, 0.3) is 0 Å². The summed E-state index contributed by atoms with van der Waals surface area (Å²) in [7, 11) is -10.6. The Hall–Kier alpha value is 0.144. The third-order valence-corrected chi connectivity index (χ3v) is 28.2. The normalized spacial score (nSPS) is 16.1. The van der Waals surface area contributed by atoms with Crippen LogP contribution >= 0.6 is 0 Å². The Morgan fingerprint density at radius 2 is 1.14 bits per heavy atom. The molecular formula is C19H42O4Si5. The van der Waals surface area contributed by atoms with Crippen molar-refractivity contribution in [3.8, 4) is 0 Å². The van der Waals surface area contributed by atoms with Crippen LogP contribution in [-0.2, 0) is 23.2 Å². The molecule has 4 nitrogen and oxygen atoms in total. The van der Waals surface area contributed by atoms with Crippen LogP contribution in [0.5, 0.6) is 0 Å². The molecule has 0 radical (unpaired) electrons. The molecule has 0 aromatic heterocycles. The fraction of sp³-hybridized carbons (Fsp3) is 0.684. The van der Waals surface area contributed by atoms with Crippen molar-refractivity contribution >= 4 is 41.1 Å². The molecule has 0 bridgehead atoms. The van der Waals surface area contributed by atoms with Gasteiger partial charge in [-0.3, -0.25) is 0 Å². The van der Waals surface area contributed by atoms with Crippen LogP contribution in [0.1, 0.15) is 5.56 Å². The largest absolute Gasteiger partial charge is 0.437 e. The Balaban J connectivity index is 2.98. The summed E-state index contributed by atoms with van der Waals surface area (Å²) < 4.78 is 26.8. The van der Waals surface area contributed by atoms with Crippen LogP contribution < -0.4 is 0 Å². The van der Waals surface area contributed by atoms with E-state index in [4.69, 9.17) is 16.8 Å². The zero-order valence-electron chi connectivity index (χ0n) is 19.9. The molecule has 1 aromatic carbocycles. The molecule has 1 unspecified atom stereocenters. The Morgan fingerprint density at radius 1 is 0.643 bits per heavy atom. The average Bonchev–Trinajstić information content (AvgIpc) is 2.42. The van der Waals surface area contributed by atoms with E-state index in [9.17, 15) is 0 Å². The van der Waals surface area contributed by atoms with Gasteiger partial charge in [0.2, 0.25) is 7.83 Å². The molecule has 0 aliphatic carbocycles. The van der Waals surface area contributed by atoms with Gasteiger partial charge in [-0.2, -0.15) is 0 Å². The van der Waals surface area contributed by atoms with Gasteiger partial charge < -0.3 is 16.8 Å². The molecule has 0 saturated carbocycles. The molecule has 0 spiro atoms. The minimum Gasteiger partial charge on any atom is -0.437 e. The van der Waals surface area contributed by atoms with Crippen LogP contribution in [0.2, 0.25) is 72.0 Å². The van der Waals surface area contributed by atoms with Crippen molar-refractivity contribution in [1.29, 1.82) is 0 Å². The van der Waals surface area contributed by atoms with E-state index in [1.165, 1.54) is 5.56 Å². The first-order valence-corrected chi connectivity index (χ1v) is 26.1. The van der Waals surface area contributed by atoms with Crippen LogP contribution in [-0.4, -0.2) is 47.7 Å². The molecule has 9 heteroatoms. The minimum atomic E-state index is -2.55. The molecule has 0 amide bonds. The van der Waals surface area contributed by atoms with E-state index in [1.54, 1.807) is 0 Å². The fourth-order valence-electron chi connectivity index (χ4n) is 3.28. The van der Waals surface area contributed by atoms with Crippen molar-refractivity contribution in [2.24, 2.45) is 0 Å². The van der Waals surface area contributed by atoms with Crippen molar-refractivity contribution in [3.63, 3.8) is 0 Å². The van der Waals surface area contributed by atoms with Crippen LogP contribution in [0.3, 0.4) is 0 Å². The first-order valence-electron chi connectivity index (χ1n) is 10.2. The third-order valence-electron chi connectivity index (χ3n) is 4.28. The summed E-state index contributed by atoms with van der Waals surface area (Å²) in [4.78, 5) is 0. The summed E-state index contributed by atoms with van der Waals surface area (Å²) in [6.45, 7) is 25.2. The lowest BCUT2D eigenvalue weighted by molar-refractivity contribution is 0.290. The van der Waals surface area contributed by atoms with E-state index in [1.807, 2.05) is 6.07 Å².